The number of aliphatic imine (C=N–C) groups is 1. The number of hydrazine groups is 1. The van der Waals surface area contributed by atoms with E-state index in [4.69, 9.17) is 4.84 Å². The molecular formula is C9H11N5O3. The molecule has 1 aromatic rings. The topological polar surface area (TPSA) is 92.9 Å². The minimum Gasteiger partial charge on any atom is -0.268 e. The van der Waals surface area contributed by atoms with Gasteiger partial charge in [0.15, 0.2) is 5.03 Å². The number of hydroxylamine groups is 2. The van der Waals surface area contributed by atoms with Crippen molar-refractivity contribution in [2.75, 3.05) is 13.2 Å². The quantitative estimate of drug-likeness (QED) is 0.586. The van der Waals surface area contributed by atoms with Crippen molar-refractivity contribution in [3.63, 3.8) is 0 Å². The highest BCUT2D eigenvalue weighted by atomic mass is 16.7. The molecule has 0 aromatic carbocycles. The van der Waals surface area contributed by atoms with Gasteiger partial charge in [-0.3, -0.25) is 9.82 Å². The van der Waals surface area contributed by atoms with Crippen LogP contribution in [-0.4, -0.2) is 34.2 Å². The van der Waals surface area contributed by atoms with Gasteiger partial charge in [0.1, 0.15) is 0 Å². The van der Waals surface area contributed by atoms with Crippen LogP contribution in [0.2, 0.25) is 0 Å². The second-order valence-corrected chi connectivity index (χ2v) is 3.31. The van der Waals surface area contributed by atoms with Crippen LogP contribution in [0.4, 0.5) is 0 Å². The van der Waals surface area contributed by atoms with E-state index in [1.165, 1.54) is 5.06 Å². The van der Waals surface area contributed by atoms with Gasteiger partial charge in [-0.1, -0.05) is 11.5 Å². The third kappa shape index (κ3) is 3.11. The van der Waals surface area contributed by atoms with Crippen molar-refractivity contribution >= 4 is 5.96 Å². The van der Waals surface area contributed by atoms with Crippen molar-refractivity contribution in [2.45, 2.75) is 6.54 Å². The largest absolute Gasteiger partial charge is 0.281 e. The summed E-state index contributed by atoms with van der Waals surface area (Å²) in [6.45, 7) is 1.16. The Balaban J connectivity index is 2.06. The molecule has 0 saturated carbocycles. The zero-order valence-electron chi connectivity index (χ0n) is 8.94. The van der Waals surface area contributed by atoms with Crippen molar-refractivity contribution < 1.29 is 9.87 Å². The van der Waals surface area contributed by atoms with Gasteiger partial charge in [0, 0.05) is 12.4 Å². The predicted octanol–water partition coefficient (Wildman–Crippen LogP) is -0.0339. The van der Waals surface area contributed by atoms with Gasteiger partial charge < -0.3 is 0 Å². The summed E-state index contributed by atoms with van der Waals surface area (Å²) in [5.74, 6) is 0.102. The zero-order valence-corrected chi connectivity index (χ0v) is 8.94. The van der Waals surface area contributed by atoms with Crippen molar-refractivity contribution in [3.05, 3.63) is 40.2 Å². The first-order chi connectivity index (χ1) is 8.25. The molecule has 0 amide bonds. The van der Waals surface area contributed by atoms with E-state index in [0.29, 0.717) is 19.7 Å². The Morgan fingerprint density at radius 2 is 2.53 bits per heavy atom. The Labute approximate surface area is 97.0 Å². The second-order valence-electron chi connectivity index (χ2n) is 3.31. The van der Waals surface area contributed by atoms with Crippen molar-refractivity contribution in [2.24, 2.45) is 4.99 Å². The van der Waals surface area contributed by atoms with Gasteiger partial charge in [0.05, 0.1) is 19.7 Å². The maximum atomic E-state index is 10.4. The molecule has 17 heavy (non-hydrogen) atoms. The molecule has 0 saturated heterocycles. The number of nitrogens with zero attached hydrogens (tertiary/aromatic N) is 4. The van der Waals surface area contributed by atoms with Crippen LogP contribution in [0.5, 0.6) is 0 Å². The van der Waals surface area contributed by atoms with Gasteiger partial charge in [-0.05, 0) is 11.6 Å². The molecular weight excluding hydrogens is 226 g/mol. The Bertz CT molecular complexity index is 422. The summed E-state index contributed by atoms with van der Waals surface area (Å²) < 4.78 is 0. The standard InChI is InChI=1S/C9H11N5O3/c15-14(16)12-9-11-4-5-17-13(9)7-8-2-1-3-10-6-8/h1-3,6H,4-5,7H2,(H,11,12). The fourth-order valence-electron chi connectivity index (χ4n) is 1.39. The van der Waals surface area contributed by atoms with Gasteiger partial charge in [-0.25, -0.2) is 20.2 Å². The lowest BCUT2D eigenvalue weighted by atomic mass is 10.3. The van der Waals surface area contributed by atoms with Crippen LogP contribution in [0.15, 0.2) is 29.5 Å². The summed E-state index contributed by atoms with van der Waals surface area (Å²) >= 11 is 0. The lowest BCUT2D eigenvalue weighted by Gasteiger charge is -2.25. The van der Waals surface area contributed by atoms with E-state index in [2.05, 4.69) is 9.98 Å². The minimum absolute atomic E-state index is 0.102. The van der Waals surface area contributed by atoms with Gasteiger partial charge in [0.2, 0.25) is 0 Å². The third-order valence-electron chi connectivity index (χ3n) is 2.08. The molecule has 0 aliphatic carbocycles. The summed E-state index contributed by atoms with van der Waals surface area (Å²) in [4.78, 5) is 23.6. The number of nitro groups is 1. The number of hydrogen-bond donors (Lipinski definition) is 1. The number of nitrogens with one attached hydrogen (secondary N) is 1. The fraction of sp³-hybridized carbons (Fsp3) is 0.333. The molecule has 0 fully saturated rings. The SMILES string of the molecule is O=[N+]([O-])NC1=NCCON1Cc1cccnc1. The summed E-state index contributed by atoms with van der Waals surface area (Å²) in [5, 5.41) is 11.1. The Kier molecular flexibility index (Phi) is 3.46. The van der Waals surface area contributed by atoms with Gasteiger partial charge in [-0.2, -0.15) is 0 Å². The molecule has 0 atom stereocenters. The minimum atomic E-state index is -0.663. The van der Waals surface area contributed by atoms with E-state index in [9.17, 15) is 10.1 Å². The lowest BCUT2D eigenvalue weighted by Crippen LogP contribution is -2.46. The van der Waals surface area contributed by atoms with Crippen LogP contribution >= 0.6 is 0 Å². The predicted molar refractivity (Wildman–Crippen MR) is 58.2 cm³/mol. The number of guanidine groups is 1. The van der Waals surface area contributed by atoms with Gasteiger partial charge in [0.25, 0.3) is 5.96 Å². The molecule has 0 spiro atoms. The monoisotopic (exact) mass is 237 g/mol. The smallest absolute Gasteiger partial charge is 0.268 e. The Morgan fingerprint density at radius 1 is 1.65 bits per heavy atom. The molecule has 8 heteroatoms. The second kappa shape index (κ2) is 5.21. The van der Waals surface area contributed by atoms with Crippen LogP contribution in [0.1, 0.15) is 5.56 Å². The molecule has 0 bridgehead atoms. The van der Waals surface area contributed by atoms with Crippen LogP contribution < -0.4 is 5.43 Å². The van der Waals surface area contributed by atoms with E-state index >= 15 is 0 Å². The molecule has 1 N–H and O–H groups in total. The number of pyridine rings is 1. The van der Waals surface area contributed by atoms with Crippen LogP contribution in [0.3, 0.4) is 0 Å². The van der Waals surface area contributed by atoms with Crippen LogP contribution in [-0.2, 0) is 11.4 Å². The highest BCUT2D eigenvalue weighted by Crippen LogP contribution is 2.06. The van der Waals surface area contributed by atoms with E-state index in [0.717, 1.165) is 5.56 Å². The highest BCUT2D eigenvalue weighted by Gasteiger charge is 2.20. The molecule has 1 aromatic heterocycles. The summed E-state index contributed by atoms with van der Waals surface area (Å²) in [5.41, 5.74) is 2.89. The van der Waals surface area contributed by atoms with E-state index in [1.54, 1.807) is 18.5 Å². The Hall–Kier alpha value is -2.22. The number of aromatic nitrogens is 1. The number of hydrogen-bond acceptors (Lipinski definition) is 6. The normalized spacial score (nSPS) is 15.3. The molecule has 0 radical (unpaired) electrons. The Morgan fingerprint density at radius 3 is 3.24 bits per heavy atom. The highest BCUT2D eigenvalue weighted by molar-refractivity contribution is 5.78. The third-order valence-corrected chi connectivity index (χ3v) is 2.08. The van der Waals surface area contributed by atoms with Gasteiger partial charge >= 0.3 is 0 Å². The first-order valence-corrected chi connectivity index (χ1v) is 5.00. The maximum absolute atomic E-state index is 10.4. The molecule has 8 nitrogen and oxygen atoms in total. The average Bonchev–Trinajstić information content (AvgIpc) is 2.32. The van der Waals surface area contributed by atoms with E-state index < -0.39 is 5.03 Å². The molecule has 1 aliphatic heterocycles. The molecule has 0 unspecified atom stereocenters. The van der Waals surface area contributed by atoms with Crippen molar-refractivity contribution in [3.8, 4) is 0 Å². The zero-order chi connectivity index (χ0) is 12.1. The maximum Gasteiger partial charge on any atom is 0.281 e. The van der Waals surface area contributed by atoms with Crippen LogP contribution in [0.25, 0.3) is 0 Å². The fourth-order valence-corrected chi connectivity index (χ4v) is 1.39. The molecule has 1 aliphatic rings. The molecule has 2 heterocycles. The lowest BCUT2D eigenvalue weighted by molar-refractivity contribution is -0.528. The first kappa shape index (κ1) is 11.3. The average molecular weight is 237 g/mol. The van der Waals surface area contributed by atoms with E-state index in [1.807, 2.05) is 11.5 Å². The van der Waals surface area contributed by atoms with Crippen molar-refractivity contribution in [1.29, 1.82) is 0 Å². The first-order valence-electron chi connectivity index (χ1n) is 5.00. The van der Waals surface area contributed by atoms with Crippen molar-refractivity contribution in [1.82, 2.24) is 15.5 Å². The molecule has 90 valence electrons. The summed E-state index contributed by atoms with van der Waals surface area (Å²) in [7, 11) is 0. The molecule has 2 rings (SSSR count). The van der Waals surface area contributed by atoms with E-state index in [-0.39, 0.29) is 5.96 Å². The summed E-state index contributed by atoms with van der Waals surface area (Å²) in [6.07, 6.45) is 3.33. The van der Waals surface area contributed by atoms with Gasteiger partial charge in [-0.15, -0.1) is 0 Å². The summed E-state index contributed by atoms with van der Waals surface area (Å²) in [6, 6.07) is 3.64. The van der Waals surface area contributed by atoms with Crippen LogP contribution in [0, 0.1) is 10.1 Å². The number of rotatable bonds is 3.